The third-order valence-electron chi connectivity index (χ3n) is 7.63. The van der Waals surface area contributed by atoms with Crippen molar-refractivity contribution in [3.8, 4) is 0 Å². The SMILES string of the molecule is Cc1cccc2c1N[C@H]1C(C)(C)C[C@@H]3C(C)(C)CC[C@H]2[C@@]31C. The van der Waals surface area contributed by atoms with E-state index in [-0.39, 0.29) is 0 Å². The molecule has 1 nitrogen and oxygen atoms in total. The Morgan fingerprint density at radius 3 is 2.50 bits per heavy atom. The van der Waals surface area contributed by atoms with Gasteiger partial charge in [0.2, 0.25) is 0 Å². The summed E-state index contributed by atoms with van der Waals surface area (Å²) in [5.41, 5.74) is 5.70. The Balaban J connectivity index is 1.94. The lowest BCUT2D eigenvalue weighted by atomic mass is 9.50. The fourth-order valence-corrected chi connectivity index (χ4v) is 6.63. The van der Waals surface area contributed by atoms with Gasteiger partial charge in [0.05, 0.1) is 0 Å². The Morgan fingerprint density at radius 2 is 1.77 bits per heavy atom. The number of hydrogen-bond donors (Lipinski definition) is 1. The first-order chi connectivity index (χ1) is 10.2. The van der Waals surface area contributed by atoms with Crippen LogP contribution in [-0.2, 0) is 0 Å². The first-order valence-corrected chi connectivity index (χ1v) is 9.04. The smallest absolute Gasteiger partial charge is 0.0408 e. The summed E-state index contributed by atoms with van der Waals surface area (Å²) < 4.78 is 0. The highest BCUT2D eigenvalue weighted by atomic mass is 15.0. The van der Waals surface area contributed by atoms with E-state index >= 15 is 0 Å². The average molecular weight is 297 g/mol. The third kappa shape index (κ3) is 1.61. The molecule has 1 aromatic carbocycles. The number of rotatable bonds is 0. The van der Waals surface area contributed by atoms with Gasteiger partial charge in [-0.05, 0) is 65.4 Å². The monoisotopic (exact) mass is 297 g/mol. The van der Waals surface area contributed by atoms with Crippen molar-refractivity contribution in [1.82, 2.24) is 0 Å². The topological polar surface area (TPSA) is 12.0 Å². The van der Waals surface area contributed by atoms with Crippen molar-refractivity contribution < 1.29 is 0 Å². The number of benzene rings is 1. The molecule has 2 aliphatic carbocycles. The van der Waals surface area contributed by atoms with Crippen LogP contribution >= 0.6 is 0 Å². The molecule has 120 valence electrons. The quantitative estimate of drug-likeness (QED) is 0.643. The van der Waals surface area contributed by atoms with Crippen LogP contribution in [0.4, 0.5) is 5.69 Å². The Bertz CT molecular complexity index is 627. The highest BCUT2D eigenvalue weighted by Crippen LogP contribution is 2.71. The van der Waals surface area contributed by atoms with E-state index in [0.29, 0.717) is 22.3 Å². The summed E-state index contributed by atoms with van der Waals surface area (Å²) in [6, 6.07) is 7.51. The molecule has 0 aromatic heterocycles. The molecule has 0 bridgehead atoms. The zero-order valence-corrected chi connectivity index (χ0v) is 15.1. The molecule has 0 amide bonds. The van der Waals surface area contributed by atoms with Crippen LogP contribution in [0.1, 0.15) is 70.9 Å². The largest absolute Gasteiger partial charge is 0.381 e. The summed E-state index contributed by atoms with van der Waals surface area (Å²) in [5.74, 6) is 1.55. The molecule has 2 saturated carbocycles. The second-order valence-electron chi connectivity index (χ2n) is 9.81. The van der Waals surface area contributed by atoms with Crippen molar-refractivity contribution in [2.24, 2.45) is 22.2 Å². The number of hydrogen-bond acceptors (Lipinski definition) is 1. The van der Waals surface area contributed by atoms with E-state index in [1.54, 1.807) is 5.56 Å². The van der Waals surface area contributed by atoms with Gasteiger partial charge in [-0.15, -0.1) is 0 Å². The van der Waals surface area contributed by atoms with Gasteiger partial charge in [0.25, 0.3) is 0 Å². The zero-order chi connectivity index (χ0) is 15.9. The first-order valence-electron chi connectivity index (χ1n) is 9.04. The van der Waals surface area contributed by atoms with Gasteiger partial charge in [-0.25, -0.2) is 0 Å². The summed E-state index contributed by atoms with van der Waals surface area (Å²) in [5, 5.41) is 4.02. The first kappa shape index (κ1) is 14.6. The molecule has 0 radical (unpaired) electrons. The lowest BCUT2D eigenvalue weighted by Gasteiger charge is -2.57. The third-order valence-corrected chi connectivity index (χ3v) is 7.63. The van der Waals surface area contributed by atoms with Crippen LogP contribution in [-0.4, -0.2) is 6.04 Å². The van der Waals surface area contributed by atoms with Gasteiger partial charge in [-0.1, -0.05) is 52.8 Å². The molecule has 2 fully saturated rings. The normalized spacial score (nSPS) is 40.5. The summed E-state index contributed by atoms with van der Waals surface area (Å²) in [7, 11) is 0. The van der Waals surface area contributed by atoms with Gasteiger partial charge in [-0.2, -0.15) is 0 Å². The second-order valence-corrected chi connectivity index (χ2v) is 9.81. The van der Waals surface area contributed by atoms with Crippen LogP contribution in [0.25, 0.3) is 0 Å². The van der Waals surface area contributed by atoms with Crippen molar-refractivity contribution in [3.05, 3.63) is 29.3 Å². The molecule has 3 aliphatic rings. The fourth-order valence-electron chi connectivity index (χ4n) is 6.63. The maximum Gasteiger partial charge on any atom is 0.0408 e. The van der Waals surface area contributed by atoms with Gasteiger partial charge >= 0.3 is 0 Å². The summed E-state index contributed by atoms with van der Waals surface area (Å²) in [6.45, 7) is 14.9. The number of aryl methyl sites for hydroxylation is 1. The Hall–Kier alpha value is -0.980. The van der Waals surface area contributed by atoms with Crippen LogP contribution in [0, 0.1) is 29.1 Å². The van der Waals surface area contributed by atoms with Crippen LogP contribution < -0.4 is 5.32 Å². The van der Waals surface area contributed by atoms with E-state index in [0.717, 1.165) is 11.8 Å². The lowest BCUT2D eigenvalue weighted by molar-refractivity contribution is -0.00135. The van der Waals surface area contributed by atoms with Crippen molar-refractivity contribution in [1.29, 1.82) is 0 Å². The predicted octanol–water partition coefficient (Wildman–Crippen LogP) is 5.75. The number of anilines is 1. The summed E-state index contributed by atoms with van der Waals surface area (Å²) >= 11 is 0. The Kier molecular flexibility index (Phi) is 2.72. The average Bonchev–Trinajstić information content (AvgIpc) is 2.63. The maximum absolute atomic E-state index is 4.02. The minimum Gasteiger partial charge on any atom is -0.381 e. The van der Waals surface area contributed by atoms with E-state index in [4.69, 9.17) is 0 Å². The molecular formula is C21H31N. The van der Waals surface area contributed by atoms with Gasteiger partial charge in [0, 0.05) is 11.7 Å². The van der Waals surface area contributed by atoms with Gasteiger partial charge in [0.1, 0.15) is 0 Å². The minimum atomic E-state index is 0.374. The van der Waals surface area contributed by atoms with Gasteiger partial charge < -0.3 is 5.32 Å². The standard InChI is InChI=1S/C21H31N/c1-13-8-7-9-14-15-10-11-19(2,3)16-12-20(4,5)18(21(15,16)6)22-17(13)14/h7-9,15-16,18,22H,10-12H2,1-6H3/t15-,16-,18+,21+/m1/s1. The predicted molar refractivity (Wildman–Crippen MR) is 94.3 cm³/mol. The van der Waals surface area contributed by atoms with Crippen LogP contribution in [0.2, 0.25) is 0 Å². The Labute approximate surface area is 135 Å². The van der Waals surface area contributed by atoms with E-state index in [1.165, 1.54) is 30.5 Å². The number of fused-ring (bicyclic) bond motifs is 2. The molecule has 1 N–H and O–H groups in total. The van der Waals surface area contributed by atoms with Crippen LogP contribution in [0.5, 0.6) is 0 Å². The molecule has 1 aromatic rings. The molecule has 4 rings (SSSR count). The summed E-state index contributed by atoms with van der Waals surface area (Å²) in [6.07, 6.45) is 4.08. The van der Waals surface area contributed by atoms with E-state index in [1.807, 2.05) is 0 Å². The maximum atomic E-state index is 4.02. The van der Waals surface area contributed by atoms with Crippen molar-refractivity contribution in [3.63, 3.8) is 0 Å². The molecule has 0 unspecified atom stereocenters. The molecule has 1 aliphatic heterocycles. The molecule has 1 heteroatoms. The lowest BCUT2D eigenvalue weighted by Crippen LogP contribution is -2.54. The summed E-state index contributed by atoms with van der Waals surface area (Å²) in [4.78, 5) is 0. The van der Waals surface area contributed by atoms with Crippen LogP contribution in [0.15, 0.2) is 18.2 Å². The van der Waals surface area contributed by atoms with E-state index < -0.39 is 0 Å². The van der Waals surface area contributed by atoms with Crippen molar-refractivity contribution in [2.75, 3.05) is 5.32 Å². The highest BCUT2D eigenvalue weighted by Gasteiger charge is 2.66. The fraction of sp³-hybridized carbons (Fsp3) is 0.714. The van der Waals surface area contributed by atoms with Gasteiger partial charge in [0.15, 0.2) is 0 Å². The molecule has 22 heavy (non-hydrogen) atoms. The molecular weight excluding hydrogens is 266 g/mol. The number of para-hydroxylation sites is 1. The minimum absolute atomic E-state index is 0.374. The van der Waals surface area contributed by atoms with E-state index in [2.05, 4.69) is 65.1 Å². The highest BCUT2D eigenvalue weighted by molar-refractivity contribution is 5.63. The van der Waals surface area contributed by atoms with Crippen molar-refractivity contribution in [2.45, 2.75) is 72.8 Å². The molecule has 0 spiro atoms. The zero-order valence-electron chi connectivity index (χ0n) is 15.1. The Morgan fingerprint density at radius 1 is 1.05 bits per heavy atom. The molecule has 0 saturated heterocycles. The van der Waals surface area contributed by atoms with Crippen LogP contribution in [0.3, 0.4) is 0 Å². The second kappa shape index (κ2) is 4.10. The molecule has 1 heterocycles. The van der Waals surface area contributed by atoms with E-state index in [9.17, 15) is 0 Å². The number of nitrogens with one attached hydrogen (secondary N) is 1. The molecule has 4 atom stereocenters. The van der Waals surface area contributed by atoms with Gasteiger partial charge in [-0.3, -0.25) is 0 Å². The van der Waals surface area contributed by atoms with Crippen molar-refractivity contribution >= 4 is 5.69 Å².